The maximum absolute atomic E-state index is 6.05. The summed E-state index contributed by atoms with van der Waals surface area (Å²) >= 11 is 6.05. The van der Waals surface area contributed by atoms with Crippen LogP contribution in [0.4, 0.5) is 0 Å². The number of unbranched alkanes of at least 4 members (excludes halogenated alkanes) is 4. The highest BCUT2D eigenvalue weighted by molar-refractivity contribution is 6.30. The van der Waals surface area contributed by atoms with Crippen molar-refractivity contribution >= 4 is 11.6 Å². The molecule has 0 aliphatic carbocycles. The van der Waals surface area contributed by atoms with E-state index in [9.17, 15) is 0 Å². The zero-order valence-electron chi connectivity index (χ0n) is 11.2. The van der Waals surface area contributed by atoms with Gasteiger partial charge in [-0.2, -0.15) is 0 Å². The molecule has 1 aromatic rings. The summed E-state index contributed by atoms with van der Waals surface area (Å²) in [6.07, 6.45) is 9.35. The maximum atomic E-state index is 6.05. The second-order valence-electron chi connectivity index (χ2n) is 4.86. The van der Waals surface area contributed by atoms with Crippen LogP contribution in [-0.2, 0) is 0 Å². The summed E-state index contributed by atoms with van der Waals surface area (Å²) in [7, 11) is 0. The summed E-state index contributed by atoms with van der Waals surface area (Å²) < 4.78 is 0. The van der Waals surface area contributed by atoms with Crippen molar-refractivity contribution < 1.29 is 0 Å². The van der Waals surface area contributed by atoms with Crippen LogP contribution in [0.3, 0.4) is 0 Å². The molecular formula is C16H25Cl. The molecule has 0 fully saturated rings. The Balaban J connectivity index is 2.38. The van der Waals surface area contributed by atoms with Gasteiger partial charge < -0.3 is 0 Å². The van der Waals surface area contributed by atoms with Gasteiger partial charge in [0.25, 0.3) is 0 Å². The molecular weight excluding hydrogens is 228 g/mol. The van der Waals surface area contributed by atoms with Gasteiger partial charge >= 0.3 is 0 Å². The third-order valence-corrected chi connectivity index (χ3v) is 3.70. The highest BCUT2D eigenvalue weighted by atomic mass is 35.5. The maximum Gasteiger partial charge on any atom is 0.0408 e. The van der Waals surface area contributed by atoms with Crippen LogP contribution in [0.25, 0.3) is 0 Å². The van der Waals surface area contributed by atoms with E-state index in [4.69, 9.17) is 11.6 Å². The third-order valence-electron chi connectivity index (χ3n) is 3.47. The molecule has 0 bridgehead atoms. The first-order valence-corrected chi connectivity index (χ1v) is 7.41. The number of hydrogen-bond donors (Lipinski definition) is 0. The molecule has 0 radical (unpaired) electrons. The zero-order valence-corrected chi connectivity index (χ0v) is 12.0. The Bertz CT molecular complexity index is 306. The fourth-order valence-corrected chi connectivity index (χ4v) is 2.56. The van der Waals surface area contributed by atoms with Crippen LogP contribution >= 0.6 is 11.6 Å². The van der Waals surface area contributed by atoms with Crippen molar-refractivity contribution in [1.82, 2.24) is 0 Å². The summed E-state index contributed by atoms with van der Waals surface area (Å²) in [6, 6.07) is 8.37. The van der Waals surface area contributed by atoms with Gasteiger partial charge in [0.2, 0.25) is 0 Å². The molecule has 1 aromatic carbocycles. The topological polar surface area (TPSA) is 0 Å². The van der Waals surface area contributed by atoms with Gasteiger partial charge in [0.1, 0.15) is 0 Å². The summed E-state index contributed by atoms with van der Waals surface area (Å²) in [5.41, 5.74) is 1.41. The van der Waals surface area contributed by atoms with Gasteiger partial charge in [0.15, 0.2) is 0 Å². The molecule has 1 rings (SSSR count). The molecule has 0 saturated heterocycles. The summed E-state index contributed by atoms with van der Waals surface area (Å²) in [6.45, 7) is 4.54. The van der Waals surface area contributed by atoms with E-state index in [1.807, 2.05) is 6.07 Å². The van der Waals surface area contributed by atoms with Gasteiger partial charge in [-0.05, 0) is 36.5 Å². The number of hydrogen-bond acceptors (Lipinski definition) is 0. The van der Waals surface area contributed by atoms with Gasteiger partial charge in [-0.1, -0.05) is 69.7 Å². The van der Waals surface area contributed by atoms with Crippen LogP contribution < -0.4 is 0 Å². The van der Waals surface area contributed by atoms with Crippen LogP contribution in [0.2, 0.25) is 5.02 Å². The highest BCUT2D eigenvalue weighted by Crippen LogP contribution is 2.27. The average molecular weight is 253 g/mol. The molecule has 0 spiro atoms. The van der Waals surface area contributed by atoms with Crippen molar-refractivity contribution in [3.63, 3.8) is 0 Å². The number of rotatable bonds is 8. The van der Waals surface area contributed by atoms with E-state index in [0.717, 1.165) is 5.02 Å². The molecule has 0 aromatic heterocycles. The predicted octanol–water partition coefficient (Wildman–Crippen LogP) is 6.19. The quantitative estimate of drug-likeness (QED) is 0.484. The molecule has 1 unspecified atom stereocenters. The monoisotopic (exact) mass is 252 g/mol. The fourth-order valence-electron chi connectivity index (χ4n) is 2.36. The molecule has 0 amide bonds. The molecule has 1 heteroatoms. The SMILES string of the molecule is CCCCCCCC(CC)c1cccc(Cl)c1. The predicted molar refractivity (Wildman–Crippen MR) is 77.9 cm³/mol. The van der Waals surface area contributed by atoms with Crippen molar-refractivity contribution in [2.45, 2.75) is 64.7 Å². The van der Waals surface area contributed by atoms with E-state index in [0.29, 0.717) is 5.92 Å². The van der Waals surface area contributed by atoms with Gasteiger partial charge in [-0.25, -0.2) is 0 Å². The first kappa shape index (κ1) is 14.6. The van der Waals surface area contributed by atoms with Crippen molar-refractivity contribution in [2.24, 2.45) is 0 Å². The lowest BCUT2D eigenvalue weighted by Gasteiger charge is -2.15. The Morgan fingerprint density at radius 3 is 2.47 bits per heavy atom. The standard InChI is InChI=1S/C16H25Cl/c1-3-5-6-7-8-10-14(4-2)15-11-9-12-16(17)13-15/h9,11-14H,3-8,10H2,1-2H3. The minimum absolute atomic E-state index is 0.690. The number of halogens is 1. The molecule has 0 aliphatic rings. The van der Waals surface area contributed by atoms with Crippen LogP contribution in [-0.4, -0.2) is 0 Å². The van der Waals surface area contributed by atoms with Gasteiger partial charge in [0.05, 0.1) is 0 Å². The Morgan fingerprint density at radius 2 is 1.82 bits per heavy atom. The van der Waals surface area contributed by atoms with Crippen LogP contribution in [0.5, 0.6) is 0 Å². The van der Waals surface area contributed by atoms with Gasteiger partial charge in [-0.3, -0.25) is 0 Å². The van der Waals surface area contributed by atoms with E-state index in [1.165, 1.54) is 50.5 Å². The first-order valence-electron chi connectivity index (χ1n) is 7.03. The van der Waals surface area contributed by atoms with E-state index in [2.05, 4.69) is 32.0 Å². The second-order valence-corrected chi connectivity index (χ2v) is 5.30. The molecule has 0 heterocycles. The zero-order chi connectivity index (χ0) is 12.5. The number of benzene rings is 1. The van der Waals surface area contributed by atoms with Crippen molar-refractivity contribution in [2.75, 3.05) is 0 Å². The van der Waals surface area contributed by atoms with E-state index in [-0.39, 0.29) is 0 Å². The normalized spacial score (nSPS) is 12.6. The Kier molecular flexibility index (Phi) is 7.35. The fraction of sp³-hybridized carbons (Fsp3) is 0.625. The molecule has 0 aliphatic heterocycles. The van der Waals surface area contributed by atoms with E-state index in [1.54, 1.807) is 0 Å². The van der Waals surface area contributed by atoms with Crippen LogP contribution in [0.15, 0.2) is 24.3 Å². The molecule has 17 heavy (non-hydrogen) atoms. The summed E-state index contributed by atoms with van der Waals surface area (Å²) in [5, 5.41) is 0.868. The van der Waals surface area contributed by atoms with Crippen molar-refractivity contribution in [3.8, 4) is 0 Å². The Hall–Kier alpha value is -0.490. The van der Waals surface area contributed by atoms with Gasteiger partial charge in [-0.15, -0.1) is 0 Å². The Labute approximate surface area is 111 Å². The molecule has 0 nitrogen and oxygen atoms in total. The lowest BCUT2D eigenvalue weighted by molar-refractivity contribution is 0.535. The van der Waals surface area contributed by atoms with E-state index >= 15 is 0 Å². The molecule has 0 saturated carbocycles. The molecule has 96 valence electrons. The molecule has 1 atom stereocenters. The van der Waals surface area contributed by atoms with Crippen molar-refractivity contribution in [1.29, 1.82) is 0 Å². The summed E-state index contributed by atoms with van der Waals surface area (Å²) in [4.78, 5) is 0. The van der Waals surface area contributed by atoms with Crippen LogP contribution in [0, 0.1) is 0 Å². The van der Waals surface area contributed by atoms with Gasteiger partial charge in [0, 0.05) is 5.02 Å². The average Bonchev–Trinajstić information content (AvgIpc) is 2.34. The first-order chi connectivity index (χ1) is 8.27. The van der Waals surface area contributed by atoms with Crippen LogP contribution in [0.1, 0.15) is 70.3 Å². The highest BCUT2D eigenvalue weighted by Gasteiger charge is 2.09. The second kappa shape index (κ2) is 8.58. The largest absolute Gasteiger partial charge is 0.0843 e. The third kappa shape index (κ3) is 5.59. The lowest BCUT2D eigenvalue weighted by atomic mass is 9.91. The minimum atomic E-state index is 0.690. The summed E-state index contributed by atoms with van der Waals surface area (Å²) in [5.74, 6) is 0.690. The smallest absolute Gasteiger partial charge is 0.0408 e. The Morgan fingerprint density at radius 1 is 1.06 bits per heavy atom. The minimum Gasteiger partial charge on any atom is -0.0843 e. The molecule has 0 N–H and O–H groups in total. The van der Waals surface area contributed by atoms with Crippen molar-refractivity contribution in [3.05, 3.63) is 34.9 Å². The lowest BCUT2D eigenvalue weighted by Crippen LogP contribution is -1.97. The van der Waals surface area contributed by atoms with E-state index < -0.39 is 0 Å².